The van der Waals surface area contributed by atoms with E-state index in [-0.39, 0.29) is 11.5 Å². The molecule has 6 heteroatoms. The maximum atomic E-state index is 13.2. The maximum Gasteiger partial charge on any atom is 0.255 e. The van der Waals surface area contributed by atoms with Crippen LogP contribution in [0.3, 0.4) is 0 Å². The molecule has 1 amide bonds. The summed E-state index contributed by atoms with van der Waals surface area (Å²) in [6.07, 6.45) is 1.71. The zero-order valence-electron chi connectivity index (χ0n) is 10.6. The summed E-state index contributed by atoms with van der Waals surface area (Å²) >= 11 is 1.51. The molecule has 0 saturated carbocycles. The van der Waals surface area contributed by atoms with Gasteiger partial charge in [-0.05, 0) is 25.1 Å². The topological polar surface area (TPSA) is 51.2 Å². The molecule has 0 radical (unpaired) electrons. The molecule has 0 bridgehead atoms. The van der Waals surface area contributed by atoms with E-state index in [0.29, 0.717) is 12.3 Å². The Labute approximate surface area is 114 Å². The van der Waals surface area contributed by atoms with Gasteiger partial charge in [0.25, 0.3) is 5.91 Å². The zero-order valence-corrected chi connectivity index (χ0v) is 11.4. The van der Waals surface area contributed by atoms with Crippen LogP contribution in [-0.2, 0) is 6.54 Å². The third kappa shape index (κ3) is 3.29. The molecule has 1 aromatic heterocycles. The number of benzene rings is 1. The number of nitrogens with zero attached hydrogens (tertiary/aromatic N) is 1. The van der Waals surface area contributed by atoms with Gasteiger partial charge in [0, 0.05) is 11.1 Å². The second kappa shape index (κ2) is 5.79. The van der Waals surface area contributed by atoms with Crippen LogP contribution in [-0.4, -0.2) is 18.0 Å². The molecule has 1 aromatic carbocycles. The number of hydrogen-bond donors (Lipinski definition) is 1. The number of hydrogen-bond acceptors (Lipinski definition) is 4. The van der Waals surface area contributed by atoms with E-state index in [0.717, 1.165) is 16.0 Å². The number of carbonyl (C=O) groups excluding carboxylic acids is 1. The van der Waals surface area contributed by atoms with E-state index in [2.05, 4.69) is 10.3 Å². The monoisotopic (exact) mass is 280 g/mol. The molecule has 0 aliphatic carbocycles. The highest BCUT2D eigenvalue weighted by atomic mass is 32.1. The minimum absolute atomic E-state index is 0.184. The summed E-state index contributed by atoms with van der Waals surface area (Å²) in [5.41, 5.74) is 0.184. The highest BCUT2D eigenvalue weighted by molar-refractivity contribution is 7.11. The van der Waals surface area contributed by atoms with Gasteiger partial charge in [-0.3, -0.25) is 4.79 Å². The van der Waals surface area contributed by atoms with Crippen molar-refractivity contribution in [3.05, 3.63) is 45.7 Å². The summed E-state index contributed by atoms with van der Waals surface area (Å²) in [7, 11) is 1.44. The van der Waals surface area contributed by atoms with Crippen LogP contribution in [0.4, 0.5) is 4.39 Å². The van der Waals surface area contributed by atoms with Crippen LogP contribution in [0.15, 0.2) is 24.4 Å². The first kappa shape index (κ1) is 13.5. The van der Waals surface area contributed by atoms with Crippen molar-refractivity contribution < 1.29 is 13.9 Å². The van der Waals surface area contributed by atoms with E-state index in [4.69, 9.17) is 4.74 Å². The number of rotatable bonds is 4. The van der Waals surface area contributed by atoms with Crippen molar-refractivity contribution in [3.63, 3.8) is 0 Å². The summed E-state index contributed by atoms with van der Waals surface area (Å²) in [6, 6.07) is 3.84. The number of amides is 1. The fraction of sp³-hybridized carbons (Fsp3) is 0.231. The molecule has 1 N–H and O–H groups in total. The van der Waals surface area contributed by atoms with Crippen molar-refractivity contribution in [2.45, 2.75) is 13.5 Å². The molecule has 0 spiro atoms. The van der Waals surface area contributed by atoms with Crippen molar-refractivity contribution in [2.24, 2.45) is 0 Å². The summed E-state index contributed by atoms with van der Waals surface area (Å²) in [5.74, 6) is -0.499. The third-order valence-electron chi connectivity index (χ3n) is 2.50. The van der Waals surface area contributed by atoms with Gasteiger partial charge < -0.3 is 10.1 Å². The molecule has 0 fully saturated rings. The van der Waals surface area contributed by atoms with Crippen LogP contribution >= 0.6 is 11.3 Å². The van der Waals surface area contributed by atoms with Crippen LogP contribution in [0.1, 0.15) is 20.2 Å². The number of ether oxygens (including phenoxy) is 1. The van der Waals surface area contributed by atoms with E-state index < -0.39 is 5.82 Å². The number of nitrogens with one attached hydrogen (secondary N) is 1. The lowest BCUT2D eigenvalue weighted by atomic mass is 10.2. The number of methoxy groups -OCH3 is 1. The molecule has 4 nitrogen and oxygen atoms in total. The molecule has 100 valence electrons. The highest BCUT2D eigenvalue weighted by Crippen LogP contribution is 2.19. The minimum atomic E-state index is -0.473. The zero-order chi connectivity index (χ0) is 13.8. The summed E-state index contributed by atoms with van der Waals surface area (Å²) in [6.45, 7) is 2.26. The molecule has 2 rings (SSSR count). The lowest BCUT2D eigenvalue weighted by Crippen LogP contribution is -2.23. The Morgan fingerprint density at radius 3 is 2.95 bits per heavy atom. The van der Waals surface area contributed by atoms with Crippen LogP contribution < -0.4 is 10.1 Å². The fourth-order valence-corrected chi connectivity index (χ4v) is 2.34. The van der Waals surface area contributed by atoms with Gasteiger partial charge in [-0.25, -0.2) is 9.37 Å². The normalized spacial score (nSPS) is 10.3. The maximum absolute atomic E-state index is 13.2. The van der Waals surface area contributed by atoms with E-state index in [1.807, 2.05) is 6.92 Å². The first-order valence-corrected chi connectivity index (χ1v) is 6.45. The van der Waals surface area contributed by atoms with Gasteiger partial charge in [0.05, 0.1) is 24.2 Å². The lowest BCUT2D eigenvalue weighted by molar-refractivity contribution is 0.0947. The molecule has 0 aliphatic heterocycles. The van der Waals surface area contributed by atoms with Crippen molar-refractivity contribution in [1.29, 1.82) is 0 Å². The predicted molar refractivity (Wildman–Crippen MR) is 71.0 cm³/mol. The summed E-state index contributed by atoms with van der Waals surface area (Å²) in [4.78, 5) is 17.0. The largest absolute Gasteiger partial charge is 0.496 e. The molecule has 2 aromatic rings. The standard InChI is InChI=1S/C13H13FN2O2S/c1-8-15-6-10(19-8)7-16-13(17)11-5-9(14)3-4-12(11)18-2/h3-6H,7H2,1-2H3,(H,16,17). The minimum Gasteiger partial charge on any atom is -0.496 e. The third-order valence-corrected chi connectivity index (χ3v) is 3.41. The number of aromatic nitrogens is 1. The fourth-order valence-electron chi connectivity index (χ4n) is 1.61. The Balaban J connectivity index is 2.09. The first-order chi connectivity index (χ1) is 9.10. The molecule has 0 unspecified atom stereocenters. The van der Waals surface area contributed by atoms with Gasteiger partial charge >= 0.3 is 0 Å². The predicted octanol–water partition coefficient (Wildman–Crippen LogP) is 2.53. The van der Waals surface area contributed by atoms with Crippen LogP contribution in [0, 0.1) is 12.7 Å². The molecule has 1 heterocycles. The van der Waals surface area contributed by atoms with E-state index >= 15 is 0 Å². The Bertz CT molecular complexity index is 598. The molecule has 0 aliphatic rings. The average Bonchev–Trinajstić information content (AvgIpc) is 2.81. The first-order valence-electron chi connectivity index (χ1n) is 5.63. The molecule has 0 saturated heterocycles. The summed E-state index contributed by atoms with van der Waals surface area (Å²) in [5, 5.41) is 3.65. The Hall–Kier alpha value is -1.95. The lowest BCUT2D eigenvalue weighted by Gasteiger charge is -2.08. The second-order valence-electron chi connectivity index (χ2n) is 3.87. The Kier molecular flexibility index (Phi) is 4.11. The van der Waals surface area contributed by atoms with Crippen LogP contribution in [0.2, 0.25) is 0 Å². The van der Waals surface area contributed by atoms with Crippen molar-refractivity contribution in [3.8, 4) is 5.75 Å². The molecular formula is C13H13FN2O2S. The highest BCUT2D eigenvalue weighted by Gasteiger charge is 2.13. The number of halogens is 1. The molecule has 19 heavy (non-hydrogen) atoms. The van der Waals surface area contributed by atoms with E-state index in [9.17, 15) is 9.18 Å². The van der Waals surface area contributed by atoms with Crippen molar-refractivity contribution in [2.75, 3.05) is 7.11 Å². The Morgan fingerprint density at radius 1 is 1.53 bits per heavy atom. The number of aryl methyl sites for hydroxylation is 1. The smallest absolute Gasteiger partial charge is 0.255 e. The van der Waals surface area contributed by atoms with Gasteiger partial charge in [-0.15, -0.1) is 11.3 Å². The van der Waals surface area contributed by atoms with Gasteiger partial charge in [0.2, 0.25) is 0 Å². The SMILES string of the molecule is COc1ccc(F)cc1C(=O)NCc1cnc(C)s1. The van der Waals surface area contributed by atoms with E-state index in [1.165, 1.54) is 30.6 Å². The molecule has 0 atom stereocenters. The van der Waals surface area contributed by atoms with Gasteiger partial charge in [-0.2, -0.15) is 0 Å². The van der Waals surface area contributed by atoms with Crippen LogP contribution in [0.25, 0.3) is 0 Å². The van der Waals surface area contributed by atoms with Crippen molar-refractivity contribution >= 4 is 17.2 Å². The molecular weight excluding hydrogens is 267 g/mol. The van der Waals surface area contributed by atoms with E-state index in [1.54, 1.807) is 6.20 Å². The quantitative estimate of drug-likeness (QED) is 0.936. The van der Waals surface area contributed by atoms with Gasteiger partial charge in [0.15, 0.2) is 0 Å². The van der Waals surface area contributed by atoms with Crippen LogP contribution in [0.5, 0.6) is 5.75 Å². The number of carbonyl (C=O) groups is 1. The summed E-state index contributed by atoms with van der Waals surface area (Å²) < 4.78 is 18.2. The van der Waals surface area contributed by atoms with Crippen molar-refractivity contribution in [1.82, 2.24) is 10.3 Å². The average molecular weight is 280 g/mol. The van der Waals surface area contributed by atoms with Gasteiger partial charge in [0.1, 0.15) is 11.6 Å². The number of thiazole rings is 1. The Morgan fingerprint density at radius 2 is 2.32 bits per heavy atom. The van der Waals surface area contributed by atoms with Gasteiger partial charge in [-0.1, -0.05) is 0 Å². The second-order valence-corrected chi connectivity index (χ2v) is 5.19.